The highest BCUT2D eigenvalue weighted by atomic mass is 19.1. The highest BCUT2D eigenvalue weighted by Crippen LogP contribution is 2.17. The number of ether oxygens (including phenoxy) is 2. The Balaban J connectivity index is 1.79. The number of benzene rings is 2. The molecule has 0 aliphatic rings. The van der Waals surface area contributed by atoms with Crippen molar-refractivity contribution in [2.24, 2.45) is 0 Å². The van der Waals surface area contributed by atoms with E-state index in [4.69, 9.17) is 9.47 Å². The number of anilines is 1. The van der Waals surface area contributed by atoms with Crippen LogP contribution in [0.5, 0.6) is 11.5 Å². The zero-order valence-electron chi connectivity index (χ0n) is 11.7. The Morgan fingerprint density at radius 1 is 1.05 bits per heavy atom. The van der Waals surface area contributed by atoms with Crippen LogP contribution < -0.4 is 14.8 Å². The minimum Gasteiger partial charge on any atom is -0.497 e. The molecular weight excluding hydrogens is 257 g/mol. The molecule has 0 aliphatic carbocycles. The number of hydrogen-bond acceptors (Lipinski definition) is 3. The van der Waals surface area contributed by atoms with Gasteiger partial charge in [-0.2, -0.15) is 0 Å². The highest BCUT2D eigenvalue weighted by molar-refractivity contribution is 5.50. The van der Waals surface area contributed by atoms with Gasteiger partial charge >= 0.3 is 0 Å². The van der Waals surface area contributed by atoms with E-state index in [1.807, 2.05) is 31.2 Å². The molecular formula is C16H18FNO2. The maximum atomic E-state index is 13.1. The van der Waals surface area contributed by atoms with Gasteiger partial charge in [0, 0.05) is 12.2 Å². The van der Waals surface area contributed by atoms with E-state index in [0.29, 0.717) is 13.2 Å². The third-order valence-electron chi connectivity index (χ3n) is 2.95. The summed E-state index contributed by atoms with van der Waals surface area (Å²) in [5, 5.41) is 3.16. The fourth-order valence-electron chi connectivity index (χ4n) is 1.81. The van der Waals surface area contributed by atoms with Crippen LogP contribution in [0.15, 0.2) is 42.5 Å². The van der Waals surface area contributed by atoms with Crippen molar-refractivity contribution in [1.29, 1.82) is 0 Å². The lowest BCUT2D eigenvalue weighted by Gasteiger charge is -2.11. The van der Waals surface area contributed by atoms with Gasteiger partial charge in [0.2, 0.25) is 0 Å². The number of methoxy groups -OCH3 is 1. The molecule has 106 valence electrons. The molecule has 2 rings (SSSR count). The molecule has 0 amide bonds. The fourth-order valence-corrected chi connectivity index (χ4v) is 1.81. The van der Waals surface area contributed by atoms with E-state index in [1.54, 1.807) is 13.2 Å². The lowest BCUT2D eigenvalue weighted by Crippen LogP contribution is -2.12. The Labute approximate surface area is 118 Å². The molecule has 0 heterocycles. The van der Waals surface area contributed by atoms with Crippen molar-refractivity contribution in [2.75, 3.05) is 25.6 Å². The summed E-state index contributed by atoms with van der Waals surface area (Å²) in [5.41, 5.74) is 1.80. The van der Waals surface area contributed by atoms with Crippen molar-refractivity contribution in [3.05, 3.63) is 53.8 Å². The monoisotopic (exact) mass is 275 g/mol. The first kappa shape index (κ1) is 14.2. The van der Waals surface area contributed by atoms with Crippen molar-refractivity contribution in [1.82, 2.24) is 0 Å². The molecule has 0 bridgehead atoms. The number of halogens is 1. The second-order valence-corrected chi connectivity index (χ2v) is 4.41. The summed E-state index contributed by atoms with van der Waals surface area (Å²) in [6, 6.07) is 12.1. The summed E-state index contributed by atoms with van der Waals surface area (Å²) in [4.78, 5) is 0. The lowest BCUT2D eigenvalue weighted by atomic mass is 10.2. The van der Waals surface area contributed by atoms with Gasteiger partial charge in [-0.15, -0.1) is 0 Å². The predicted molar refractivity (Wildman–Crippen MR) is 78.1 cm³/mol. The van der Waals surface area contributed by atoms with Crippen LogP contribution in [0.25, 0.3) is 0 Å². The first-order valence-electron chi connectivity index (χ1n) is 6.46. The van der Waals surface area contributed by atoms with Crippen LogP contribution in [-0.2, 0) is 0 Å². The van der Waals surface area contributed by atoms with Gasteiger partial charge in [0.15, 0.2) is 0 Å². The average molecular weight is 275 g/mol. The molecule has 0 fully saturated rings. The normalized spacial score (nSPS) is 10.2. The first-order valence-corrected chi connectivity index (χ1v) is 6.46. The van der Waals surface area contributed by atoms with Crippen LogP contribution in [0.1, 0.15) is 5.56 Å². The molecule has 20 heavy (non-hydrogen) atoms. The number of rotatable bonds is 6. The standard InChI is InChI=1S/C16H18FNO2/c1-12-3-4-13(17)11-16(12)18-9-10-20-15-7-5-14(19-2)6-8-15/h3-8,11,18H,9-10H2,1-2H3. The third-order valence-corrected chi connectivity index (χ3v) is 2.95. The number of hydrogen-bond donors (Lipinski definition) is 1. The maximum Gasteiger partial charge on any atom is 0.125 e. The van der Waals surface area contributed by atoms with E-state index >= 15 is 0 Å². The predicted octanol–water partition coefficient (Wildman–Crippen LogP) is 3.63. The van der Waals surface area contributed by atoms with Gasteiger partial charge in [0.25, 0.3) is 0 Å². The molecule has 0 spiro atoms. The van der Waals surface area contributed by atoms with Crippen molar-refractivity contribution in [3.8, 4) is 11.5 Å². The Morgan fingerprint density at radius 3 is 2.45 bits per heavy atom. The summed E-state index contributed by atoms with van der Waals surface area (Å²) < 4.78 is 23.8. The average Bonchev–Trinajstić information content (AvgIpc) is 2.47. The summed E-state index contributed by atoms with van der Waals surface area (Å²) in [6.07, 6.45) is 0. The zero-order valence-corrected chi connectivity index (χ0v) is 11.7. The van der Waals surface area contributed by atoms with Gasteiger partial charge in [-0.1, -0.05) is 6.07 Å². The van der Waals surface area contributed by atoms with Crippen LogP contribution in [0.3, 0.4) is 0 Å². The Kier molecular flexibility index (Phi) is 4.82. The van der Waals surface area contributed by atoms with Gasteiger partial charge in [-0.25, -0.2) is 4.39 Å². The van der Waals surface area contributed by atoms with Crippen LogP contribution in [0.2, 0.25) is 0 Å². The minimum absolute atomic E-state index is 0.242. The molecule has 0 saturated carbocycles. The van der Waals surface area contributed by atoms with Crippen LogP contribution >= 0.6 is 0 Å². The van der Waals surface area contributed by atoms with Gasteiger partial charge in [0.05, 0.1) is 7.11 Å². The van der Waals surface area contributed by atoms with Crippen molar-refractivity contribution in [3.63, 3.8) is 0 Å². The molecule has 2 aromatic carbocycles. The molecule has 0 aliphatic heterocycles. The smallest absolute Gasteiger partial charge is 0.125 e. The molecule has 3 nitrogen and oxygen atoms in total. The summed E-state index contributed by atoms with van der Waals surface area (Å²) in [6.45, 7) is 3.05. The third kappa shape index (κ3) is 3.88. The maximum absolute atomic E-state index is 13.1. The molecule has 1 N–H and O–H groups in total. The van der Waals surface area contributed by atoms with Gasteiger partial charge in [-0.05, 0) is 48.9 Å². The molecule has 0 unspecified atom stereocenters. The fraction of sp³-hybridized carbons (Fsp3) is 0.250. The van der Waals surface area contributed by atoms with E-state index < -0.39 is 0 Å². The van der Waals surface area contributed by atoms with Crippen molar-refractivity contribution >= 4 is 5.69 Å². The van der Waals surface area contributed by atoms with E-state index in [9.17, 15) is 4.39 Å². The molecule has 0 saturated heterocycles. The summed E-state index contributed by atoms with van der Waals surface area (Å²) in [5.74, 6) is 1.34. The van der Waals surface area contributed by atoms with E-state index in [2.05, 4.69) is 5.32 Å². The quantitative estimate of drug-likeness (QED) is 0.817. The van der Waals surface area contributed by atoms with E-state index in [0.717, 1.165) is 22.7 Å². The molecule has 0 aromatic heterocycles. The van der Waals surface area contributed by atoms with Crippen molar-refractivity contribution in [2.45, 2.75) is 6.92 Å². The topological polar surface area (TPSA) is 30.5 Å². The van der Waals surface area contributed by atoms with Gasteiger partial charge in [-0.3, -0.25) is 0 Å². The minimum atomic E-state index is -0.242. The van der Waals surface area contributed by atoms with Crippen LogP contribution in [-0.4, -0.2) is 20.3 Å². The largest absolute Gasteiger partial charge is 0.497 e. The van der Waals surface area contributed by atoms with E-state index in [-0.39, 0.29) is 5.82 Å². The van der Waals surface area contributed by atoms with Crippen LogP contribution in [0, 0.1) is 12.7 Å². The molecule has 0 atom stereocenters. The van der Waals surface area contributed by atoms with Crippen molar-refractivity contribution < 1.29 is 13.9 Å². The lowest BCUT2D eigenvalue weighted by molar-refractivity contribution is 0.331. The number of nitrogens with one attached hydrogen (secondary N) is 1. The van der Waals surface area contributed by atoms with Crippen LogP contribution in [0.4, 0.5) is 10.1 Å². The zero-order chi connectivity index (χ0) is 14.4. The van der Waals surface area contributed by atoms with Gasteiger partial charge < -0.3 is 14.8 Å². The molecule has 2 aromatic rings. The molecule has 4 heteroatoms. The second-order valence-electron chi connectivity index (χ2n) is 4.41. The molecule has 0 radical (unpaired) electrons. The SMILES string of the molecule is COc1ccc(OCCNc2cc(F)ccc2C)cc1. The Hall–Kier alpha value is -2.23. The van der Waals surface area contributed by atoms with E-state index in [1.165, 1.54) is 12.1 Å². The Bertz CT molecular complexity index is 555. The second kappa shape index (κ2) is 6.80. The highest BCUT2D eigenvalue weighted by Gasteiger charge is 2.00. The van der Waals surface area contributed by atoms with Gasteiger partial charge in [0.1, 0.15) is 23.9 Å². The Morgan fingerprint density at radius 2 is 1.75 bits per heavy atom. The summed E-state index contributed by atoms with van der Waals surface area (Å²) >= 11 is 0. The summed E-state index contributed by atoms with van der Waals surface area (Å²) in [7, 11) is 1.63. The number of aryl methyl sites for hydroxylation is 1. The first-order chi connectivity index (χ1) is 9.69.